The van der Waals surface area contributed by atoms with Crippen molar-refractivity contribution in [1.82, 2.24) is 10.2 Å². The Kier molecular flexibility index (Phi) is 4.62. The van der Waals surface area contributed by atoms with Crippen LogP contribution in [-0.2, 0) is 0 Å². The molecule has 4 heteroatoms. The van der Waals surface area contributed by atoms with Gasteiger partial charge in [0.15, 0.2) is 0 Å². The summed E-state index contributed by atoms with van der Waals surface area (Å²) in [6, 6.07) is 0.929. The summed E-state index contributed by atoms with van der Waals surface area (Å²) in [5.41, 5.74) is -0.0676. The van der Waals surface area contributed by atoms with Gasteiger partial charge in [-0.25, -0.2) is 4.79 Å². The first-order valence-electron chi connectivity index (χ1n) is 8.04. The third-order valence-corrected chi connectivity index (χ3v) is 4.48. The molecule has 0 heterocycles. The molecule has 0 aromatic heterocycles. The van der Waals surface area contributed by atoms with Gasteiger partial charge < -0.3 is 15.3 Å². The summed E-state index contributed by atoms with van der Waals surface area (Å²) >= 11 is 0. The zero-order valence-corrected chi connectivity index (χ0v) is 13.4. The summed E-state index contributed by atoms with van der Waals surface area (Å²) in [5.74, 6) is 0.715. The van der Waals surface area contributed by atoms with Crippen molar-refractivity contribution >= 4 is 6.03 Å². The van der Waals surface area contributed by atoms with Crippen LogP contribution in [0.25, 0.3) is 0 Å². The Morgan fingerprint density at radius 1 is 1.30 bits per heavy atom. The molecule has 2 aliphatic rings. The molecule has 0 aromatic carbocycles. The fraction of sp³-hybridized carbons (Fsp3) is 0.938. The predicted octanol–water partition coefficient (Wildman–Crippen LogP) is 2.76. The maximum absolute atomic E-state index is 12.5. The molecule has 2 atom stereocenters. The zero-order valence-electron chi connectivity index (χ0n) is 13.4. The zero-order chi connectivity index (χ0) is 14.9. The maximum atomic E-state index is 12.5. The number of aliphatic hydroxyl groups is 1. The molecule has 2 fully saturated rings. The van der Waals surface area contributed by atoms with E-state index in [1.807, 2.05) is 0 Å². The minimum Gasteiger partial charge on any atom is -0.393 e. The van der Waals surface area contributed by atoms with Crippen LogP contribution in [0.1, 0.15) is 59.8 Å². The van der Waals surface area contributed by atoms with Crippen molar-refractivity contribution in [1.29, 1.82) is 0 Å². The predicted molar refractivity (Wildman–Crippen MR) is 80.5 cm³/mol. The molecule has 2 rings (SSSR count). The highest BCUT2D eigenvalue weighted by molar-refractivity contribution is 5.75. The van der Waals surface area contributed by atoms with Crippen molar-refractivity contribution < 1.29 is 9.90 Å². The Morgan fingerprint density at radius 3 is 2.35 bits per heavy atom. The van der Waals surface area contributed by atoms with Gasteiger partial charge in [-0.05, 0) is 57.3 Å². The van der Waals surface area contributed by atoms with Gasteiger partial charge in [0.05, 0.1) is 6.10 Å². The average molecular weight is 282 g/mol. The summed E-state index contributed by atoms with van der Waals surface area (Å²) in [7, 11) is 0. The maximum Gasteiger partial charge on any atom is 0.317 e. The lowest BCUT2D eigenvalue weighted by molar-refractivity contribution is 0.123. The van der Waals surface area contributed by atoms with Crippen molar-refractivity contribution in [2.75, 3.05) is 6.54 Å². The largest absolute Gasteiger partial charge is 0.393 e. The van der Waals surface area contributed by atoms with Gasteiger partial charge in [0.1, 0.15) is 0 Å². The summed E-state index contributed by atoms with van der Waals surface area (Å²) in [5, 5.41) is 12.6. The first-order chi connectivity index (χ1) is 9.30. The van der Waals surface area contributed by atoms with Gasteiger partial charge in [0, 0.05) is 18.6 Å². The first kappa shape index (κ1) is 15.6. The second kappa shape index (κ2) is 5.92. The Bertz CT molecular complexity index is 346. The highest BCUT2D eigenvalue weighted by Crippen LogP contribution is 2.39. The number of carbonyl (C=O) groups is 1. The van der Waals surface area contributed by atoms with Crippen LogP contribution < -0.4 is 5.32 Å². The van der Waals surface area contributed by atoms with Crippen LogP contribution in [-0.4, -0.2) is 40.8 Å². The van der Waals surface area contributed by atoms with Gasteiger partial charge in [0.2, 0.25) is 0 Å². The normalized spacial score (nSPS) is 22.2. The van der Waals surface area contributed by atoms with Crippen LogP contribution >= 0.6 is 0 Å². The summed E-state index contributed by atoms with van der Waals surface area (Å²) in [6.45, 7) is 8.79. The van der Waals surface area contributed by atoms with E-state index in [-0.39, 0.29) is 17.6 Å². The molecule has 0 aromatic rings. The van der Waals surface area contributed by atoms with Crippen LogP contribution in [0.5, 0.6) is 0 Å². The second-order valence-electron chi connectivity index (χ2n) is 7.59. The van der Waals surface area contributed by atoms with Crippen LogP contribution in [0.2, 0.25) is 0 Å². The van der Waals surface area contributed by atoms with Crippen LogP contribution in [0.15, 0.2) is 0 Å². The number of nitrogens with one attached hydrogen (secondary N) is 1. The van der Waals surface area contributed by atoms with Gasteiger partial charge in [-0.1, -0.05) is 13.8 Å². The van der Waals surface area contributed by atoms with E-state index < -0.39 is 0 Å². The van der Waals surface area contributed by atoms with Gasteiger partial charge >= 0.3 is 6.03 Å². The molecule has 2 amide bonds. The van der Waals surface area contributed by atoms with E-state index in [9.17, 15) is 9.90 Å². The monoisotopic (exact) mass is 282 g/mol. The molecule has 20 heavy (non-hydrogen) atoms. The average Bonchev–Trinajstić information content (AvgIpc) is 3.15. The molecule has 0 spiro atoms. The van der Waals surface area contributed by atoms with Crippen LogP contribution in [0.3, 0.4) is 0 Å². The topological polar surface area (TPSA) is 52.6 Å². The van der Waals surface area contributed by atoms with E-state index in [4.69, 9.17) is 0 Å². The van der Waals surface area contributed by atoms with E-state index in [0.29, 0.717) is 31.0 Å². The molecule has 2 unspecified atom stereocenters. The lowest BCUT2D eigenvalue weighted by Gasteiger charge is -2.32. The SMILES string of the molecule is CC(O)CC(C)(C)CNC(=O)N(C1CC1)C(C)C1CC1. The quantitative estimate of drug-likeness (QED) is 0.754. The van der Waals surface area contributed by atoms with Gasteiger partial charge in [-0.15, -0.1) is 0 Å². The molecule has 0 aliphatic heterocycles. The van der Waals surface area contributed by atoms with E-state index in [0.717, 1.165) is 12.8 Å². The molecule has 2 saturated carbocycles. The summed E-state index contributed by atoms with van der Waals surface area (Å²) < 4.78 is 0. The second-order valence-corrected chi connectivity index (χ2v) is 7.59. The Morgan fingerprint density at radius 2 is 1.90 bits per heavy atom. The van der Waals surface area contributed by atoms with Gasteiger partial charge in [0.25, 0.3) is 0 Å². The Balaban J connectivity index is 1.85. The number of rotatable bonds is 7. The number of hydrogen-bond donors (Lipinski definition) is 2. The number of hydrogen-bond acceptors (Lipinski definition) is 2. The smallest absolute Gasteiger partial charge is 0.317 e. The third-order valence-electron chi connectivity index (χ3n) is 4.48. The van der Waals surface area contributed by atoms with Crippen molar-refractivity contribution in [3.63, 3.8) is 0 Å². The Hall–Kier alpha value is -0.770. The lowest BCUT2D eigenvalue weighted by Crippen LogP contribution is -2.49. The molecule has 0 bridgehead atoms. The number of carbonyl (C=O) groups excluding carboxylic acids is 1. The van der Waals surface area contributed by atoms with Gasteiger partial charge in [-0.2, -0.15) is 0 Å². The molecule has 2 N–H and O–H groups in total. The molecule has 4 nitrogen and oxygen atoms in total. The molecular weight excluding hydrogens is 252 g/mol. The fourth-order valence-electron chi connectivity index (χ4n) is 3.12. The molecule has 2 aliphatic carbocycles. The van der Waals surface area contributed by atoms with Crippen LogP contribution in [0, 0.1) is 11.3 Å². The van der Waals surface area contributed by atoms with E-state index in [2.05, 4.69) is 31.0 Å². The minimum absolute atomic E-state index is 0.0676. The lowest BCUT2D eigenvalue weighted by atomic mass is 9.87. The van der Waals surface area contributed by atoms with Crippen LogP contribution in [0.4, 0.5) is 4.79 Å². The van der Waals surface area contributed by atoms with Crippen molar-refractivity contribution in [2.24, 2.45) is 11.3 Å². The highest BCUT2D eigenvalue weighted by Gasteiger charge is 2.41. The molecule has 116 valence electrons. The van der Waals surface area contributed by atoms with E-state index in [1.54, 1.807) is 6.92 Å². The van der Waals surface area contributed by atoms with E-state index >= 15 is 0 Å². The van der Waals surface area contributed by atoms with Crippen molar-refractivity contribution in [3.8, 4) is 0 Å². The molecule has 0 radical (unpaired) electrons. The standard InChI is InChI=1S/C16H30N2O2/c1-11(19)9-16(3,4)10-17-15(20)18(14-7-8-14)12(2)13-5-6-13/h11-14,19H,5-10H2,1-4H3,(H,17,20). The third kappa shape index (κ3) is 4.37. The van der Waals surface area contributed by atoms with Crippen molar-refractivity contribution in [2.45, 2.75) is 78.0 Å². The molecular formula is C16H30N2O2. The number of urea groups is 1. The number of amides is 2. The summed E-state index contributed by atoms with van der Waals surface area (Å²) in [4.78, 5) is 14.6. The number of aliphatic hydroxyl groups excluding tert-OH is 1. The van der Waals surface area contributed by atoms with Crippen molar-refractivity contribution in [3.05, 3.63) is 0 Å². The highest BCUT2D eigenvalue weighted by atomic mass is 16.3. The van der Waals surface area contributed by atoms with Gasteiger partial charge in [-0.3, -0.25) is 0 Å². The number of nitrogens with zero attached hydrogens (tertiary/aromatic N) is 1. The fourth-order valence-corrected chi connectivity index (χ4v) is 3.12. The minimum atomic E-state index is -0.327. The van der Waals surface area contributed by atoms with E-state index in [1.165, 1.54) is 12.8 Å². The summed E-state index contributed by atoms with van der Waals surface area (Å²) in [6.07, 6.45) is 5.22. The first-order valence-corrected chi connectivity index (χ1v) is 8.04. The Labute approximate surface area is 122 Å². The molecule has 0 saturated heterocycles.